The topological polar surface area (TPSA) is 35.8 Å². The SMILES string of the molecule is CC(C)(CNCCC#N)c1ccc2ccccc2c1. The maximum Gasteiger partial charge on any atom is 0.0635 e. The molecule has 2 nitrogen and oxygen atoms in total. The number of nitrogens with zero attached hydrogens (tertiary/aromatic N) is 1. The third-order valence-electron chi connectivity index (χ3n) is 3.51. The third-order valence-corrected chi connectivity index (χ3v) is 3.51. The molecule has 0 aliphatic rings. The first-order valence-electron chi connectivity index (χ1n) is 6.70. The zero-order valence-electron chi connectivity index (χ0n) is 11.6. The van der Waals surface area contributed by atoms with Gasteiger partial charge in [-0.2, -0.15) is 5.26 Å². The van der Waals surface area contributed by atoms with Crippen molar-refractivity contribution in [3.8, 4) is 6.07 Å². The van der Waals surface area contributed by atoms with Crippen molar-refractivity contribution in [2.24, 2.45) is 0 Å². The summed E-state index contributed by atoms with van der Waals surface area (Å²) in [5.74, 6) is 0. The molecule has 0 heterocycles. The van der Waals surface area contributed by atoms with E-state index in [1.54, 1.807) is 0 Å². The molecule has 0 unspecified atom stereocenters. The van der Waals surface area contributed by atoms with Crippen LogP contribution < -0.4 is 5.32 Å². The van der Waals surface area contributed by atoms with E-state index in [4.69, 9.17) is 5.26 Å². The Morgan fingerprint density at radius 1 is 1.11 bits per heavy atom. The lowest BCUT2D eigenvalue weighted by Crippen LogP contribution is -2.33. The van der Waals surface area contributed by atoms with Crippen LogP contribution in [0, 0.1) is 11.3 Å². The summed E-state index contributed by atoms with van der Waals surface area (Å²) in [6, 6.07) is 17.2. The molecule has 0 radical (unpaired) electrons. The molecular formula is C17H20N2. The van der Waals surface area contributed by atoms with Crippen molar-refractivity contribution in [3.63, 3.8) is 0 Å². The van der Waals surface area contributed by atoms with E-state index in [0.717, 1.165) is 13.1 Å². The lowest BCUT2D eigenvalue weighted by atomic mass is 9.83. The molecule has 2 aromatic rings. The standard InChI is InChI=1S/C17H20N2/c1-17(2,13-19-11-5-10-18)16-9-8-14-6-3-4-7-15(14)12-16/h3-4,6-9,12,19H,5,11,13H2,1-2H3. The summed E-state index contributed by atoms with van der Waals surface area (Å²) >= 11 is 0. The number of rotatable bonds is 5. The van der Waals surface area contributed by atoms with E-state index in [1.807, 2.05) is 0 Å². The second-order valence-electron chi connectivity index (χ2n) is 5.53. The van der Waals surface area contributed by atoms with Gasteiger partial charge in [0, 0.05) is 24.9 Å². The Morgan fingerprint density at radius 2 is 1.84 bits per heavy atom. The van der Waals surface area contributed by atoms with Crippen LogP contribution in [0.15, 0.2) is 42.5 Å². The largest absolute Gasteiger partial charge is 0.315 e. The molecule has 0 aliphatic carbocycles. The predicted octanol–water partition coefficient (Wildman–Crippen LogP) is 3.62. The first-order valence-corrected chi connectivity index (χ1v) is 6.70. The van der Waals surface area contributed by atoms with E-state index < -0.39 is 0 Å². The molecule has 0 spiro atoms. The number of benzene rings is 2. The van der Waals surface area contributed by atoms with Crippen molar-refractivity contribution in [1.82, 2.24) is 5.32 Å². The minimum absolute atomic E-state index is 0.0689. The molecule has 0 fully saturated rings. The molecule has 0 aliphatic heterocycles. The van der Waals surface area contributed by atoms with Crippen molar-refractivity contribution >= 4 is 10.8 Å². The minimum Gasteiger partial charge on any atom is -0.315 e. The summed E-state index contributed by atoms with van der Waals surface area (Å²) in [6.07, 6.45) is 0.563. The van der Waals surface area contributed by atoms with Gasteiger partial charge in [0.05, 0.1) is 6.07 Å². The summed E-state index contributed by atoms with van der Waals surface area (Å²) in [7, 11) is 0. The average molecular weight is 252 g/mol. The van der Waals surface area contributed by atoms with Crippen LogP contribution >= 0.6 is 0 Å². The highest BCUT2D eigenvalue weighted by molar-refractivity contribution is 5.83. The molecule has 1 N–H and O–H groups in total. The highest BCUT2D eigenvalue weighted by Gasteiger charge is 2.20. The monoisotopic (exact) mass is 252 g/mol. The van der Waals surface area contributed by atoms with Crippen LogP contribution in [0.25, 0.3) is 10.8 Å². The van der Waals surface area contributed by atoms with Crippen LogP contribution in [0.5, 0.6) is 0 Å². The molecule has 0 aromatic heterocycles. The fourth-order valence-electron chi connectivity index (χ4n) is 2.26. The molecule has 0 saturated carbocycles. The van der Waals surface area contributed by atoms with Crippen molar-refractivity contribution < 1.29 is 0 Å². The van der Waals surface area contributed by atoms with Crippen LogP contribution in [-0.2, 0) is 5.41 Å². The Kier molecular flexibility index (Phi) is 4.19. The number of hydrogen-bond donors (Lipinski definition) is 1. The highest BCUT2D eigenvalue weighted by Crippen LogP contribution is 2.26. The van der Waals surface area contributed by atoms with Gasteiger partial charge in [0.1, 0.15) is 0 Å². The van der Waals surface area contributed by atoms with E-state index >= 15 is 0 Å². The maximum atomic E-state index is 8.54. The lowest BCUT2D eigenvalue weighted by molar-refractivity contribution is 0.473. The van der Waals surface area contributed by atoms with Crippen LogP contribution in [0.4, 0.5) is 0 Å². The van der Waals surface area contributed by atoms with Gasteiger partial charge in [-0.1, -0.05) is 56.3 Å². The van der Waals surface area contributed by atoms with Gasteiger partial charge in [0.2, 0.25) is 0 Å². The number of nitrogens with one attached hydrogen (secondary N) is 1. The molecule has 2 heteroatoms. The third kappa shape index (κ3) is 3.33. The Labute approximate surface area is 115 Å². The quantitative estimate of drug-likeness (QED) is 0.825. The second-order valence-corrected chi connectivity index (χ2v) is 5.53. The Balaban J connectivity index is 2.15. The van der Waals surface area contributed by atoms with Gasteiger partial charge in [-0.15, -0.1) is 0 Å². The Hall–Kier alpha value is -1.85. The maximum absolute atomic E-state index is 8.54. The van der Waals surface area contributed by atoms with Gasteiger partial charge < -0.3 is 5.32 Å². The summed E-state index contributed by atoms with van der Waals surface area (Å²) in [5.41, 5.74) is 1.40. The Morgan fingerprint density at radius 3 is 2.58 bits per heavy atom. The normalized spacial score (nSPS) is 11.4. The van der Waals surface area contributed by atoms with Crippen molar-refractivity contribution in [1.29, 1.82) is 5.26 Å². The minimum atomic E-state index is 0.0689. The fraction of sp³-hybridized carbons (Fsp3) is 0.353. The summed E-state index contributed by atoms with van der Waals surface area (Å²) in [4.78, 5) is 0. The molecule has 98 valence electrons. The van der Waals surface area contributed by atoms with E-state index in [1.165, 1.54) is 16.3 Å². The van der Waals surface area contributed by atoms with E-state index in [2.05, 4.69) is 67.7 Å². The zero-order valence-corrected chi connectivity index (χ0v) is 11.6. The highest BCUT2D eigenvalue weighted by atomic mass is 14.9. The molecule has 0 atom stereocenters. The van der Waals surface area contributed by atoms with E-state index in [9.17, 15) is 0 Å². The Bertz CT molecular complexity index is 593. The van der Waals surface area contributed by atoms with Crippen LogP contribution in [0.3, 0.4) is 0 Å². The van der Waals surface area contributed by atoms with Crippen LogP contribution in [-0.4, -0.2) is 13.1 Å². The number of fused-ring (bicyclic) bond motifs is 1. The number of nitriles is 1. The van der Waals surface area contributed by atoms with E-state index in [-0.39, 0.29) is 5.41 Å². The van der Waals surface area contributed by atoms with Gasteiger partial charge >= 0.3 is 0 Å². The smallest absolute Gasteiger partial charge is 0.0635 e. The van der Waals surface area contributed by atoms with Crippen LogP contribution in [0.1, 0.15) is 25.8 Å². The molecule has 2 aromatic carbocycles. The first-order chi connectivity index (χ1) is 9.13. The summed E-state index contributed by atoms with van der Waals surface area (Å²) in [6.45, 7) is 6.10. The molecular weight excluding hydrogens is 232 g/mol. The molecule has 0 saturated heterocycles. The average Bonchev–Trinajstić information content (AvgIpc) is 2.43. The van der Waals surface area contributed by atoms with Gasteiger partial charge in [0.15, 0.2) is 0 Å². The van der Waals surface area contributed by atoms with E-state index in [0.29, 0.717) is 6.42 Å². The van der Waals surface area contributed by atoms with Gasteiger partial charge in [-0.25, -0.2) is 0 Å². The summed E-state index contributed by atoms with van der Waals surface area (Å²) in [5, 5.41) is 14.5. The van der Waals surface area contributed by atoms with Crippen molar-refractivity contribution in [2.75, 3.05) is 13.1 Å². The van der Waals surface area contributed by atoms with Crippen LogP contribution in [0.2, 0.25) is 0 Å². The molecule has 19 heavy (non-hydrogen) atoms. The van der Waals surface area contributed by atoms with Gasteiger partial charge in [0.25, 0.3) is 0 Å². The number of hydrogen-bond acceptors (Lipinski definition) is 2. The fourth-order valence-corrected chi connectivity index (χ4v) is 2.26. The molecule has 0 amide bonds. The molecule has 0 bridgehead atoms. The van der Waals surface area contributed by atoms with Crippen molar-refractivity contribution in [3.05, 3.63) is 48.0 Å². The summed E-state index contributed by atoms with van der Waals surface area (Å²) < 4.78 is 0. The van der Waals surface area contributed by atoms with Gasteiger partial charge in [-0.05, 0) is 16.3 Å². The van der Waals surface area contributed by atoms with Crippen molar-refractivity contribution in [2.45, 2.75) is 25.7 Å². The predicted molar refractivity (Wildman–Crippen MR) is 80.1 cm³/mol. The zero-order chi connectivity index (χ0) is 13.7. The second kappa shape index (κ2) is 5.86. The molecule has 2 rings (SSSR count). The lowest BCUT2D eigenvalue weighted by Gasteiger charge is -2.26. The first kappa shape index (κ1) is 13.6. The van der Waals surface area contributed by atoms with Gasteiger partial charge in [-0.3, -0.25) is 0 Å².